The number of halogens is 1. The molecule has 0 N–H and O–H groups in total. The first-order valence-corrected chi connectivity index (χ1v) is 7.03. The second-order valence-electron chi connectivity index (χ2n) is 4.66. The molecule has 2 heterocycles. The van der Waals surface area contributed by atoms with Crippen LogP contribution in [-0.4, -0.2) is 42.1 Å². The first-order valence-electron chi connectivity index (χ1n) is 6.24. The standard InChI is InChI=1S/C13H20BrN3/c1-4-16-7-8-17(9-10(16)2)13-6-5-12(14)11(3)15-13/h5-6,10H,4,7-9H2,1-3H3. The van der Waals surface area contributed by atoms with Gasteiger partial charge in [-0.3, -0.25) is 4.90 Å². The smallest absolute Gasteiger partial charge is 0.128 e. The fraction of sp³-hybridized carbons (Fsp3) is 0.615. The van der Waals surface area contributed by atoms with Crippen LogP contribution in [0.4, 0.5) is 5.82 Å². The zero-order chi connectivity index (χ0) is 12.4. The molecular formula is C13H20BrN3. The van der Waals surface area contributed by atoms with Gasteiger partial charge in [0.25, 0.3) is 0 Å². The molecule has 0 spiro atoms. The van der Waals surface area contributed by atoms with Gasteiger partial charge in [0.2, 0.25) is 0 Å². The first kappa shape index (κ1) is 12.8. The number of aromatic nitrogens is 1. The van der Waals surface area contributed by atoms with Crippen molar-refractivity contribution in [2.24, 2.45) is 0 Å². The largest absolute Gasteiger partial charge is 0.354 e. The fourth-order valence-electron chi connectivity index (χ4n) is 2.38. The summed E-state index contributed by atoms with van der Waals surface area (Å²) in [6.45, 7) is 11.0. The molecule has 1 unspecified atom stereocenters. The highest BCUT2D eigenvalue weighted by atomic mass is 79.9. The summed E-state index contributed by atoms with van der Waals surface area (Å²) in [4.78, 5) is 9.54. The van der Waals surface area contributed by atoms with Gasteiger partial charge in [-0.2, -0.15) is 0 Å². The Balaban J connectivity index is 2.11. The van der Waals surface area contributed by atoms with Crippen molar-refractivity contribution < 1.29 is 0 Å². The lowest BCUT2D eigenvalue weighted by atomic mass is 10.2. The Morgan fingerprint density at radius 3 is 2.76 bits per heavy atom. The van der Waals surface area contributed by atoms with Gasteiger partial charge in [-0.15, -0.1) is 0 Å². The predicted molar refractivity (Wildman–Crippen MR) is 75.6 cm³/mol. The van der Waals surface area contributed by atoms with Gasteiger partial charge in [-0.1, -0.05) is 6.92 Å². The molecule has 0 aliphatic carbocycles. The summed E-state index contributed by atoms with van der Waals surface area (Å²) in [5.41, 5.74) is 1.06. The Hall–Kier alpha value is -0.610. The van der Waals surface area contributed by atoms with Crippen LogP contribution >= 0.6 is 15.9 Å². The van der Waals surface area contributed by atoms with E-state index in [0.717, 1.165) is 42.2 Å². The third kappa shape index (κ3) is 2.80. The van der Waals surface area contributed by atoms with Crippen molar-refractivity contribution in [3.05, 3.63) is 22.3 Å². The molecule has 1 aliphatic rings. The number of hydrogen-bond acceptors (Lipinski definition) is 3. The number of hydrogen-bond donors (Lipinski definition) is 0. The minimum atomic E-state index is 0.611. The van der Waals surface area contributed by atoms with Crippen LogP contribution in [0.2, 0.25) is 0 Å². The molecule has 1 aliphatic heterocycles. The quantitative estimate of drug-likeness (QED) is 0.837. The van der Waals surface area contributed by atoms with Crippen molar-refractivity contribution in [2.45, 2.75) is 26.8 Å². The molecule has 0 aromatic carbocycles. The van der Waals surface area contributed by atoms with Gasteiger partial charge >= 0.3 is 0 Å². The maximum atomic E-state index is 4.64. The van der Waals surface area contributed by atoms with Gasteiger partial charge in [0, 0.05) is 30.1 Å². The van der Waals surface area contributed by atoms with Crippen LogP contribution in [0.5, 0.6) is 0 Å². The maximum absolute atomic E-state index is 4.64. The van der Waals surface area contributed by atoms with Gasteiger partial charge in [0.05, 0.1) is 5.69 Å². The van der Waals surface area contributed by atoms with Gasteiger partial charge in [-0.05, 0) is 48.5 Å². The van der Waals surface area contributed by atoms with Crippen LogP contribution in [0.15, 0.2) is 16.6 Å². The van der Waals surface area contributed by atoms with E-state index in [9.17, 15) is 0 Å². The molecule has 17 heavy (non-hydrogen) atoms. The maximum Gasteiger partial charge on any atom is 0.128 e. The number of nitrogens with zero attached hydrogens (tertiary/aromatic N) is 3. The fourth-order valence-corrected chi connectivity index (χ4v) is 2.60. The second kappa shape index (κ2) is 5.36. The lowest BCUT2D eigenvalue weighted by Crippen LogP contribution is -2.52. The number of piperazine rings is 1. The Morgan fingerprint density at radius 1 is 1.41 bits per heavy atom. The van der Waals surface area contributed by atoms with E-state index in [-0.39, 0.29) is 0 Å². The van der Waals surface area contributed by atoms with E-state index in [1.165, 1.54) is 0 Å². The van der Waals surface area contributed by atoms with Crippen molar-refractivity contribution >= 4 is 21.7 Å². The summed E-state index contributed by atoms with van der Waals surface area (Å²) < 4.78 is 1.08. The highest BCUT2D eigenvalue weighted by molar-refractivity contribution is 9.10. The normalized spacial score (nSPS) is 21.9. The third-order valence-electron chi connectivity index (χ3n) is 3.50. The Kier molecular flexibility index (Phi) is 4.05. The van der Waals surface area contributed by atoms with E-state index in [1.807, 2.05) is 6.92 Å². The number of anilines is 1. The Labute approximate surface area is 112 Å². The summed E-state index contributed by atoms with van der Waals surface area (Å²) in [5.74, 6) is 1.10. The molecule has 1 fully saturated rings. The highest BCUT2D eigenvalue weighted by Gasteiger charge is 2.23. The molecule has 2 rings (SSSR count). The van der Waals surface area contributed by atoms with Gasteiger partial charge in [0.1, 0.15) is 5.82 Å². The first-order chi connectivity index (χ1) is 8.11. The summed E-state index contributed by atoms with van der Waals surface area (Å²) >= 11 is 3.50. The Morgan fingerprint density at radius 2 is 2.18 bits per heavy atom. The summed E-state index contributed by atoms with van der Waals surface area (Å²) in [5, 5.41) is 0. The van der Waals surface area contributed by atoms with Crippen molar-refractivity contribution in [1.82, 2.24) is 9.88 Å². The molecule has 1 aromatic rings. The number of aryl methyl sites for hydroxylation is 1. The highest BCUT2D eigenvalue weighted by Crippen LogP contribution is 2.21. The number of rotatable bonds is 2. The van der Waals surface area contributed by atoms with Crippen LogP contribution < -0.4 is 4.90 Å². The van der Waals surface area contributed by atoms with E-state index in [1.54, 1.807) is 0 Å². The van der Waals surface area contributed by atoms with E-state index >= 15 is 0 Å². The molecule has 0 radical (unpaired) electrons. The summed E-state index contributed by atoms with van der Waals surface area (Å²) in [6.07, 6.45) is 0. The van der Waals surface area contributed by atoms with Crippen LogP contribution in [-0.2, 0) is 0 Å². The van der Waals surface area contributed by atoms with Crippen LogP contribution in [0.1, 0.15) is 19.5 Å². The zero-order valence-electron chi connectivity index (χ0n) is 10.8. The summed E-state index contributed by atoms with van der Waals surface area (Å²) in [6, 6.07) is 4.81. The predicted octanol–water partition coefficient (Wildman–Crippen LogP) is 2.68. The average Bonchev–Trinajstić information content (AvgIpc) is 2.32. The van der Waals surface area contributed by atoms with Crippen LogP contribution in [0.25, 0.3) is 0 Å². The van der Waals surface area contributed by atoms with E-state index in [0.29, 0.717) is 6.04 Å². The van der Waals surface area contributed by atoms with Crippen molar-refractivity contribution in [1.29, 1.82) is 0 Å². The molecule has 94 valence electrons. The molecule has 0 bridgehead atoms. The van der Waals surface area contributed by atoms with Gasteiger partial charge in [0.15, 0.2) is 0 Å². The molecule has 4 heteroatoms. The molecule has 0 amide bonds. The van der Waals surface area contributed by atoms with E-state index in [4.69, 9.17) is 0 Å². The summed E-state index contributed by atoms with van der Waals surface area (Å²) in [7, 11) is 0. The van der Waals surface area contributed by atoms with Gasteiger partial charge < -0.3 is 4.90 Å². The zero-order valence-corrected chi connectivity index (χ0v) is 12.4. The number of pyridine rings is 1. The third-order valence-corrected chi connectivity index (χ3v) is 4.34. The molecule has 1 aromatic heterocycles. The van der Waals surface area contributed by atoms with Gasteiger partial charge in [-0.25, -0.2) is 4.98 Å². The SMILES string of the molecule is CCN1CCN(c2ccc(Br)c(C)n2)CC1C. The van der Waals surface area contributed by atoms with Crippen LogP contribution in [0, 0.1) is 6.92 Å². The van der Waals surface area contributed by atoms with Crippen molar-refractivity contribution in [2.75, 3.05) is 31.1 Å². The molecular weight excluding hydrogens is 278 g/mol. The average molecular weight is 298 g/mol. The minimum Gasteiger partial charge on any atom is -0.354 e. The van der Waals surface area contributed by atoms with Crippen LogP contribution in [0.3, 0.4) is 0 Å². The monoisotopic (exact) mass is 297 g/mol. The van der Waals surface area contributed by atoms with E-state index in [2.05, 4.69) is 56.7 Å². The topological polar surface area (TPSA) is 19.4 Å². The van der Waals surface area contributed by atoms with E-state index < -0.39 is 0 Å². The Bertz CT molecular complexity index is 394. The molecule has 0 saturated carbocycles. The molecule has 1 saturated heterocycles. The van der Waals surface area contributed by atoms with Crippen molar-refractivity contribution in [3.8, 4) is 0 Å². The molecule has 1 atom stereocenters. The second-order valence-corrected chi connectivity index (χ2v) is 5.51. The minimum absolute atomic E-state index is 0.611. The lowest BCUT2D eigenvalue weighted by molar-refractivity contribution is 0.199. The molecule has 3 nitrogen and oxygen atoms in total. The lowest BCUT2D eigenvalue weighted by Gasteiger charge is -2.40. The number of likely N-dealkylation sites (N-methyl/N-ethyl adjacent to an activating group) is 1. The van der Waals surface area contributed by atoms with Crippen molar-refractivity contribution in [3.63, 3.8) is 0 Å².